The van der Waals surface area contributed by atoms with E-state index in [0.29, 0.717) is 10.7 Å². The van der Waals surface area contributed by atoms with Gasteiger partial charge in [-0.2, -0.15) is 0 Å². The number of thiazole rings is 1. The van der Waals surface area contributed by atoms with E-state index < -0.39 is 5.97 Å². The van der Waals surface area contributed by atoms with Crippen molar-refractivity contribution in [1.82, 2.24) is 4.98 Å². The molecule has 0 radical (unpaired) electrons. The lowest BCUT2D eigenvalue weighted by Crippen LogP contribution is -2.01. The van der Waals surface area contributed by atoms with Crippen molar-refractivity contribution in [2.45, 2.75) is 6.42 Å². The second-order valence-corrected chi connectivity index (χ2v) is 6.17. The molecule has 2 aromatic carbocycles. The summed E-state index contributed by atoms with van der Waals surface area (Å²) in [7, 11) is 0. The number of halogens is 1. The zero-order valence-corrected chi connectivity index (χ0v) is 13.1. The van der Waals surface area contributed by atoms with Crippen LogP contribution < -0.4 is 0 Å². The van der Waals surface area contributed by atoms with Crippen molar-refractivity contribution in [2.24, 2.45) is 0 Å². The molecule has 1 heterocycles. The summed E-state index contributed by atoms with van der Waals surface area (Å²) in [5.41, 5.74) is 2.51. The predicted molar refractivity (Wildman–Crippen MR) is 89.3 cm³/mol. The SMILES string of the molecule is O=C(O)Cc1nc(-c2ccc(Cl)cc2)sc1-c1ccccc1. The molecule has 0 saturated carbocycles. The highest BCUT2D eigenvalue weighted by Crippen LogP contribution is 2.36. The van der Waals surface area contributed by atoms with Gasteiger partial charge in [-0.3, -0.25) is 4.79 Å². The van der Waals surface area contributed by atoms with Crippen LogP contribution in [0.2, 0.25) is 5.02 Å². The van der Waals surface area contributed by atoms with Gasteiger partial charge in [0.15, 0.2) is 0 Å². The summed E-state index contributed by atoms with van der Waals surface area (Å²) in [6.07, 6.45) is -0.0890. The number of aromatic nitrogens is 1. The van der Waals surface area contributed by atoms with E-state index in [1.807, 2.05) is 42.5 Å². The number of hydrogen-bond acceptors (Lipinski definition) is 3. The fraction of sp³-hybridized carbons (Fsp3) is 0.0588. The van der Waals surface area contributed by atoms with Gasteiger partial charge < -0.3 is 5.11 Å². The van der Waals surface area contributed by atoms with Gasteiger partial charge in [-0.05, 0) is 17.7 Å². The number of carboxylic acid groups (broad SMARTS) is 1. The second-order valence-electron chi connectivity index (χ2n) is 4.74. The van der Waals surface area contributed by atoms with Crippen molar-refractivity contribution in [1.29, 1.82) is 0 Å². The van der Waals surface area contributed by atoms with E-state index in [2.05, 4.69) is 4.98 Å². The molecule has 0 spiro atoms. The Morgan fingerprint density at radius 1 is 1.05 bits per heavy atom. The monoisotopic (exact) mass is 329 g/mol. The van der Waals surface area contributed by atoms with Gasteiger partial charge in [0, 0.05) is 10.6 Å². The van der Waals surface area contributed by atoms with Gasteiger partial charge in [-0.15, -0.1) is 11.3 Å². The first-order valence-corrected chi connectivity index (χ1v) is 7.86. The van der Waals surface area contributed by atoms with Crippen molar-refractivity contribution >= 4 is 28.9 Å². The Labute approximate surface area is 136 Å². The normalized spacial score (nSPS) is 10.6. The molecule has 0 saturated heterocycles. The molecule has 5 heteroatoms. The van der Waals surface area contributed by atoms with Gasteiger partial charge in [-0.25, -0.2) is 4.98 Å². The largest absolute Gasteiger partial charge is 0.481 e. The van der Waals surface area contributed by atoms with E-state index in [9.17, 15) is 4.79 Å². The van der Waals surface area contributed by atoms with Crippen LogP contribution in [-0.4, -0.2) is 16.1 Å². The van der Waals surface area contributed by atoms with Crippen LogP contribution in [0.4, 0.5) is 0 Å². The average Bonchev–Trinajstić information content (AvgIpc) is 2.92. The molecule has 1 aromatic heterocycles. The highest BCUT2D eigenvalue weighted by Gasteiger charge is 2.16. The average molecular weight is 330 g/mol. The molecule has 0 unspecified atom stereocenters. The van der Waals surface area contributed by atoms with Crippen LogP contribution >= 0.6 is 22.9 Å². The molecule has 3 nitrogen and oxygen atoms in total. The zero-order valence-electron chi connectivity index (χ0n) is 11.5. The third-order valence-electron chi connectivity index (χ3n) is 3.14. The minimum atomic E-state index is -0.884. The third kappa shape index (κ3) is 3.18. The number of rotatable bonds is 4. The molecule has 0 bridgehead atoms. The van der Waals surface area contributed by atoms with E-state index in [0.717, 1.165) is 21.0 Å². The fourth-order valence-corrected chi connectivity index (χ4v) is 3.36. The summed E-state index contributed by atoms with van der Waals surface area (Å²) in [5, 5.41) is 10.6. The molecular weight excluding hydrogens is 318 g/mol. The van der Waals surface area contributed by atoms with Gasteiger partial charge in [0.05, 0.1) is 17.0 Å². The molecule has 22 heavy (non-hydrogen) atoms. The van der Waals surface area contributed by atoms with Gasteiger partial charge >= 0.3 is 5.97 Å². The fourth-order valence-electron chi connectivity index (χ4n) is 2.15. The lowest BCUT2D eigenvalue weighted by molar-refractivity contribution is -0.136. The molecule has 3 rings (SSSR count). The number of aliphatic carboxylic acids is 1. The Bertz CT molecular complexity index is 797. The van der Waals surface area contributed by atoms with Crippen molar-refractivity contribution in [3.05, 3.63) is 65.3 Å². The van der Waals surface area contributed by atoms with Crippen molar-refractivity contribution in [2.75, 3.05) is 0 Å². The molecule has 0 amide bonds. The van der Waals surface area contributed by atoms with Crippen LogP contribution in [0.5, 0.6) is 0 Å². The number of nitrogens with zero attached hydrogens (tertiary/aromatic N) is 1. The summed E-state index contributed by atoms with van der Waals surface area (Å²) < 4.78 is 0. The summed E-state index contributed by atoms with van der Waals surface area (Å²) >= 11 is 7.40. The summed E-state index contributed by atoms with van der Waals surface area (Å²) in [5.74, 6) is -0.884. The molecule has 0 aliphatic rings. The highest BCUT2D eigenvalue weighted by atomic mass is 35.5. The second kappa shape index (κ2) is 6.30. The van der Waals surface area contributed by atoms with Crippen LogP contribution in [-0.2, 0) is 11.2 Å². The Morgan fingerprint density at radius 3 is 2.36 bits per heavy atom. The summed E-state index contributed by atoms with van der Waals surface area (Å²) in [6.45, 7) is 0. The van der Waals surface area contributed by atoms with E-state index in [1.165, 1.54) is 11.3 Å². The molecule has 110 valence electrons. The maximum absolute atomic E-state index is 11.1. The Morgan fingerprint density at radius 2 is 1.73 bits per heavy atom. The van der Waals surface area contributed by atoms with Crippen LogP contribution in [0.3, 0.4) is 0 Å². The first-order chi connectivity index (χ1) is 10.6. The smallest absolute Gasteiger partial charge is 0.309 e. The topological polar surface area (TPSA) is 50.2 Å². The van der Waals surface area contributed by atoms with E-state index >= 15 is 0 Å². The lowest BCUT2D eigenvalue weighted by Gasteiger charge is -1.99. The van der Waals surface area contributed by atoms with Gasteiger partial charge in [-0.1, -0.05) is 54.1 Å². The molecule has 1 N–H and O–H groups in total. The Balaban J connectivity index is 2.08. The van der Waals surface area contributed by atoms with Gasteiger partial charge in [0.25, 0.3) is 0 Å². The zero-order chi connectivity index (χ0) is 15.5. The quantitative estimate of drug-likeness (QED) is 0.751. The third-order valence-corrected chi connectivity index (χ3v) is 4.59. The minimum Gasteiger partial charge on any atom is -0.481 e. The van der Waals surface area contributed by atoms with Crippen LogP contribution in [0, 0.1) is 0 Å². The van der Waals surface area contributed by atoms with Crippen molar-refractivity contribution in [3.63, 3.8) is 0 Å². The first kappa shape index (κ1) is 14.8. The number of benzene rings is 2. The van der Waals surface area contributed by atoms with Gasteiger partial charge in [0.2, 0.25) is 0 Å². The Hall–Kier alpha value is -2.17. The maximum Gasteiger partial charge on any atom is 0.309 e. The number of carbonyl (C=O) groups is 1. The van der Waals surface area contributed by atoms with Crippen molar-refractivity contribution < 1.29 is 9.90 Å². The molecule has 0 fully saturated rings. The van der Waals surface area contributed by atoms with Gasteiger partial charge in [0.1, 0.15) is 5.01 Å². The van der Waals surface area contributed by atoms with Crippen LogP contribution in [0.15, 0.2) is 54.6 Å². The summed E-state index contributed by atoms with van der Waals surface area (Å²) in [4.78, 5) is 16.5. The maximum atomic E-state index is 11.1. The molecule has 3 aromatic rings. The molecule has 0 aliphatic heterocycles. The van der Waals surface area contributed by atoms with E-state index in [-0.39, 0.29) is 6.42 Å². The Kier molecular flexibility index (Phi) is 4.22. The minimum absolute atomic E-state index is 0.0890. The number of hydrogen-bond donors (Lipinski definition) is 1. The van der Waals surface area contributed by atoms with Crippen molar-refractivity contribution in [3.8, 4) is 21.0 Å². The van der Waals surface area contributed by atoms with Crippen LogP contribution in [0.1, 0.15) is 5.69 Å². The lowest BCUT2D eigenvalue weighted by atomic mass is 10.1. The standard InChI is InChI=1S/C17H12ClNO2S/c18-13-8-6-12(7-9-13)17-19-14(10-15(20)21)16(22-17)11-4-2-1-3-5-11/h1-9H,10H2,(H,20,21). The van der Waals surface area contributed by atoms with Crippen LogP contribution in [0.25, 0.3) is 21.0 Å². The molecular formula is C17H12ClNO2S. The van der Waals surface area contributed by atoms with E-state index in [4.69, 9.17) is 16.7 Å². The molecule has 0 atom stereocenters. The first-order valence-electron chi connectivity index (χ1n) is 6.66. The van der Waals surface area contributed by atoms with E-state index in [1.54, 1.807) is 12.1 Å². The molecule has 0 aliphatic carbocycles. The predicted octanol–water partition coefficient (Wildman–Crippen LogP) is 4.76. The highest BCUT2D eigenvalue weighted by molar-refractivity contribution is 7.18. The number of carboxylic acids is 1. The summed E-state index contributed by atoms with van der Waals surface area (Å²) in [6, 6.07) is 17.1.